The first-order chi connectivity index (χ1) is 12.9. The van der Waals surface area contributed by atoms with Gasteiger partial charge in [-0.05, 0) is 65.6 Å². The largest absolute Gasteiger partial charge is 0.316 e. The summed E-state index contributed by atoms with van der Waals surface area (Å²) in [5.74, 6) is 0. The van der Waals surface area contributed by atoms with Crippen LogP contribution in [0.4, 0.5) is 0 Å². The Labute approximate surface area is 164 Å². The number of nitrogens with zero attached hydrogens (tertiary/aromatic N) is 2. The van der Waals surface area contributed by atoms with Gasteiger partial charge in [-0.2, -0.15) is 0 Å². The van der Waals surface area contributed by atoms with Crippen LogP contribution in [0.15, 0.2) is 42.5 Å². The van der Waals surface area contributed by atoms with Crippen LogP contribution in [-0.2, 0) is 13.0 Å². The zero-order chi connectivity index (χ0) is 19.1. The van der Waals surface area contributed by atoms with Crippen LogP contribution in [0.25, 0.3) is 16.0 Å². The Bertz CT molecular complexity index is 874. The van der Waals surface area contributed by atoms with Gasteiger partial charge in [0, 0.05) is 12.0 Å². The van der Waals surface area contributed by atoms with Crippen molar-refractivity contribution in [2.75, 3.05) is 19.6 Å². The molecule has 0 atom stereocenters. The van der Waals surface area contributed by atoms with E-state index in [-0.39, 0.29) is 10.8 Å². The fraction of sp³-hybridized carbons (Fsp3) is 0.480. The van der Waals surface area contributed by atoms with Gasteiger partial charge in [0.15, 0.2) is 0 Å². The van der Waals surface area contributed by atoms with Crippen molar-refractivity contribution >= 4 is 0 Å². The van der Waals surface area contributed by atoms with Crippen LogP contribution in [0.1, 0.15) is 50.3 Å². The fourth-order valence-corrected chi connectivity index (χ4v) is 4.99. The molecule has 0 radical (unpaired) electrons. The second-order valence-corrected chi connectivity index (χ2v) is 9.45. The maximum atomic E-state index is 7.41. The Kier molecular flexibility index (Phi) is 4.60. The van der Waals surface area contributed by atoms with Crippen molar-refractivity contribution in [3.63, 3.8) is 0 Å². The summed E-state index contributed by atoms with van der Waals surface area (Å²) in [6, 6.07) is 15.8. The van der Waals surface area contributed by atoms with E-state index in [0.717, 1.165) is 38.9 Å². The van der Waals surface area contributed by atoms with E-state index >= 15 is 0 Å². The molecule has 1 aliphatic heterocycles. The zero-order valence-electron chi connectivity index (χ0n) is 16.9. The molecule has 0 amide bonds. The number of hydrogen-bond acceptors (Lipinski definition) is 1. The highest BCUT2D eigenvalue weighted by Crippen LogP contribution is 2.47. The van der Waals surface area contributed by atoms with E-state index in [1.54, 1.807) is 0 Å². The molecule has 4 rings (SSSR count). The normalized spacial score (nSPS) is 18.6. The second-order valence-electron chi connectivity index (χ2n) is 9.45. The number of rotatable bonds is 3. The standard InChI is InChI=1S/C25H30N2/c1-24(2,3)25(18-26-4)11-13-27(14-12-25)17-19-9-10-23-21(15-19)16-20-7-5-6-8-22(20)23/h5-10,15H,11-14,16-18H2,1-3H3. The molecule has 0 N–H and O–H groups in total. The van der Waals surface area contributed by atoms with E-state index in [0.29, 0.717) is 6.54 Å². The van der Waals surface area contributed by atoms with Gasteiger partial charge in [-0.25, -0.2) is 6.57 Å². The second kappa shape index (κ2) is 6.80. The Balaban J connectivity index is 1.45. The van der Waals surface area contributed by atoms with Crippen LogP contribution in [0.3, 0.4) is 0 Å². The number of likely N-dealkylation sites (tertiary alicyclic amines) is 1. The van der Waals surface area contributed by atoms with E-state index in [1.807, 2.05) is 0 Å². The Hall–Kier alpha value is -2.11. The molecule has 27 heavy (non-hydrogen) atoms. The Morgan fingerprint density at radius 2 is 1.70 bits per heavy atom. The highest BCUT2D eigenvalue weighted by Gasteiger charge is 2.46. The molecule has 1 heterocycles. The van der Waals surface area contributed by atoms with Crippen LogP contribution in [-0.4, -0.2) is 24.5 Å². The maximum Gasteiger partial charge on any atom is 0.220 e. The molecule has 0 unspecified atom stereocenters. The number of fused-ring (bicyclic) bond motifs is 3. The van der Waals surface area contributed by atoms with Crippen molar-refractivity contribution < 1.29 is 0 Å². The maximum absolute atomic E-state index is 7.41. The van der Waals surface area contributed by atoms with Crippen LogP contribution < -0.4 is 0 Å². The molecule has 0 saturated carbocycles. The van der Waals surface area contributed by atoms with Crippen molar-refractivity contribution in [1.82, 2.24) is 4.90 Å². The van der Waals surface area contributed by atoms with Crippen LogP contribution in [0.5, 0.6) is 0 Å². The van der Waals surface area contributed by atoms with Crippen molar-refractivity contribution in [2.45, 2.75) is 46.6 Å². The summed E-state index contributed by atoms with van der Waals surface area (Å²) in [6.45, 7) is 18.2. The lowest BCUT2D eigenvalue weighted by atomic mass is 9.61. The molecule has 0 aromatic heterocycles. The van der Waals surface area contributed by atoms with Gasteiger partial charge in [-0.1, -0.05) is 63.2 Å². The van der Waals surface area contributed by atoms with E-state index in [1.165, 1.54) is 27.8 Å². The van der Waals surface area contributed by atoms with Gasteiger partial charge < -0.3 is 4.85 Å². The number of piperidine rings is 1. The SMILES string of the molecule is [C-]#[N+]CC1(C(C)(C)C)CCN(Cc2ccc3c(c2)Cc2ccccc2-3)CC1. The molecule has 1 saturated heterocycles. The molecule has 2 aliphatic rings. The molecule has 0 spiro atoms. The van der Waals surface area contributed by atoms with Crippen molar-refractivity contribution in [1.29, 1.82) is 0 Å². The Morgan fingerprint density at radius 3 is 2.41 bits per heavy atom. The molecule has 1 aliphatic carbocycles. The summed E-state index contributed by atoms with van der Waals surface area (Å²) >= 11 is 0. The molecule has 140 valence electrons. The quantitative estimate of drug-likeness (QED) is 0.537. The van der Waals surface area contributed by atoms with Crippen molar-refractivity contribution in [3.05, 3.63) is 70.6 Å². The average Bonchev–Trinajstić information content (AvgIpc) is 3.00. The van der Waals surface area contributed by atoms with E-state index < -0.39 is 0 Å². The topological polar surface area (TPSA) is 7.60 Å². The predicted molar refractivity (Wildman–Crippen MR) is 113 cm³/mol. The molecule has 2 heteroatoms. The van der Waals surface area contributed by atoms with E-state index in [4.69, 9.17) is 6.57 Å². The highest BCUT2D eigenvalue weighted by molar-refractivity contribution is 5.76. The summed E-state index contributed by atoms with van der Waals surface area (Å²) in [5.41, 5.74) is 7.55. The lowest BCUT2D eigenvalue weighted by Gasteiger charge is -2.46. The molecule has 1 fully saturated rings. The molecule has 2 nitrogen and oxygen atoms in total. The molecular formula is C25H30N2. The van der Waals surface area contributed by atoms with Gasteiger partial charge in [-0.3, -0.25) is 4.90 Å². The van der Waals surface area contributed by atoms with E-state index in [9.17, 15) is 0 Å². The smallest absolute Gasteiger partial charge is 0.220 e. The molecule has 2 aromatic rings. The third-order valence-corrected chi connectivity index (χ3v) is 7.05. The zero-order valence-corrected chi connectivity index (χ0v) is 16.9. The van der Waals surface area contributed by atoms with E-state index in [2.05, 4.69) is 73.0 Å². The summed E-state index contributed by atoms with van der Waals surface area (Å²) in [4.78, 5) is 6.38. The van der Waals surface area contributed by atoms with Gasteiger partial charge in [0.05, 0.1) is 0 Å². The lowest BCUT2D eigenvalue weighted by Crippen LogP contribution is -2.47. The average molecular weight is 359 g/mol. The van der Waals surface area contributed by atoms with Gasteiger partial charge in [0.25, 0.3) is 0 Å². The molecular weight excluding hydrogens is 328 g/mol. The van der Waals surface area contributed by atoms with Crippen LogP contribution in [0, 0.1) is 17.4 Å². The number of benzene rings is 2. The third-order valence-electron chi connectivity index (χ3n) is 7.05. The van der Waals surface area contributed by atoms with Gasteiger partial charge >= 0.3 is 0 Å². The highest BCUT2D eigenvalue weighted by atomic mass is 15.1. The summed E-state index contributed by atoms with van der Waals surface area (Å²) in [5, 5.41) is 0. The third kappa shape index (κ3) is 3.30. The van der Waals surface area contributed by atoms with Gasteiger partial charge in [0.1, 0.15) is 0 Å². The first kappa shape index (κ1) is 18.3. The van der Waals surface area contributed by atoms with Crippen LogP contribution in [0.2, 0.25) is 0 Å². The first-order valence-corrected chi connectivity index (χ1v) is 10.2. The summed E-state index contributed by atoms with van der Waals surface area (Å²) < 4.78 is 0. The molecule has 0 bridgehead atoms. The summed E-state index contributed by atoms with van der Waals surface area (Å²) in [6.07, 6.45) is 3.34. The number of hydrogen-bond donors (Lipinski definition) is 0. The molecule has 2 aromatic carbocycles. The monoisotopic (exact) mass is 358 g/mol. The lowest BCUT2D eigenvalue weighted by molar-refractivity contribution is 0.0173. The van der Waals surface area contributed by atoms with Gasteiger partial charge in [-0.15, -0.1) is 0 Å². The predicted octanol–water partition coefficient (Wildman–Crippen LogP) is 5.81. The van der Waals surface area contributed by atoms with Crippen molar-refractivity contribution in [2.24, 2.45) is 10.8 Å². The van der Waals surface area contributed by atoms with Crippen molar-refractivity contribution in [3.8, 4) is 11.1 Å². The first-order valence-electron chi connectivity index (χ1n) is 10.2. The minimum absolute atomic E-state index is 0.171. The van der Waals surface area contributed by atoms with Gasteiger partial charge in [0.2, 0.25) is 6.54 Å². The Morgan fingerprint density at radius 1 is 1.00 bits per heavy atom. The summed E-state index contributed by atoms with van der Waals surface area (Å²) in [7, 11) is 0. The minimum atomic E-state index is 0.171. The fourth-order valence-electron chi connectivity index (χ4n) is 4.99. The van der Waals surface area contributed by atoms with Crippen LogP contribution >= 0.6 is 0 Å². The minimum Gasteiger partial charge on any atom is -0.316 e.